The molecule has 4 rings (SSSR count). The number of halogens is 1. The molecule has 0 bridgehead atoms. The molecule has 1 N–H and O–H groups in total. The molecule has 5 heteroatoms. The smallest absolute Gasteiger partial charge is 0.252 e. The first-order chi connectivity index (χ1) is 11.2. The van der Waals surface area contributed by atoms with Gasteiger partial charge in [0.15, 0.2) is 0 Å². The van der Waals surface area contributed by atoms with Crippen molar-refractivity contribution in [3.05, 3.63) is 53.3 Å². The molecule has 1 saturated heterocycles. The molecule has 2 atom stereocenters. The second-order valence-corrected chi connectivity index (χ2v) is 6.94. The number of ether oxygens (including phenoxy) is 1. The van der Waals surface area contributed by atoms with E-state index in [-0.39, 0.29) is 5.91 Å². The van der Waals surface area contributed by atoms with Crippen LogP contribution in [0.25, 0.3) is 5.69 Å². The summed E-state index contributed by atoms with van der Waals surface area (Å²) in [6, 6.07) is 9.41. The minimum Gasteiger partial charge on any atom is -0.381 e. The van der Waals surface area contributed by atoms with E-state index in [1.165, 1.54) is 0 Å². The summed E-state index contributed by atoms with van der Waals surface area (Å²) in [7, 11) is 0. The largest absolute Gasteiger partial charge is 0.381 e. The van der Waals surface area contributed by atoms with Gasteiger partial charge in [-0.15, -0.1) is 0 Å². The van der Waals surface area contributed by atoms with Gasteiger partial charge < -0.3 is 14.6 Å². The average molecular weight is 331 g/mol. The van der Waals surface area contributed by atoms with Crippen molar-refractivity contribution in [2.24, 2.45) is 11.3 Å². The summed E-state index contributed by atoms with van der Waals surface area (Å²) in [5.74, 6) is 0.435. The van der Waals surface area contributed by atoms with E-state index < -0.39 is 0 Å². The molecule has 1 spiro atoms. The second kappa shape index (κ2) is 5.69. The fourth-order valence-electron chi connectivity index (χ4n) is 3.49. The molecule has 1 saturated carbocycles. The molecule has 2 fully saturated rings. The maximum absolute atomic E-state index is 12.5. The summed E-state index contributed by atoms with van der Waals surface area (Å²) in [6.07, 6.45) is 6.17. The lowest BCUT2D eigenvalue weighted by molar-refractivity contribution is 0.0949. The molecular weight excluding hydrogens is 312 g/mol. The Bertz CT molecular complexity index is 721. The van der Waals surface area contributed by atoms with Crippen molar-refractivity contribution in [2.45, 2.75) is 12.8 Å². The van der Waals surface area contributed by atoms with E-state index in [0.29, 0.717) is 28.5 Å². The third-order valence-corrected chi connectivity index (χ3v) is 5.43. The Morgan fingerprint density at radius 3 is 2.96 bits per heavy atom. The van der Waals surface area contributed by atoms with Gasteiger partial charge >= 0.3 is 0 Å². The summed E-state index contributed by atoms with van der Waals surface area (Å²) < 4.78 is 7.44. The fraction of sp³-hybridized carbons (Fsp3) is 0.389. The summed E-state index contributed by atoms with van der Waals surface area (Å²) in [5, 5.41) is 3.52. The molecule has 2 aliphatic rings. The fourth-order valence-corrected chi connectivity index (χ4v) is 3.70. The van der Waals surface area contributed by atoms with Gasteiger partial charge in [0.1, 0.15) is 0 Å². The molecular formula is C18H19ClN2O2. The first-order valence-electron chi connectivity index (χ1n) is 7.97. The minimum atomic E-state index is -0.107. The molecule has 1 aromatic carbocycles. The summed E-state index contributed by atoms with van der Waals surface area (Å²) >= 11 is 6.21. The van der Waals surface area contributed by atoms with Crippen LogP contribution in [0, 0.1) is 11.3 Å². The van der Waals surface area contributed by atoms with Gasteiger partial charge in [-0.1, -0.05) is 11.6 Å². The van der Waals surface area contributed by atoms with E-state index in [2.05, 4.69) is 5.32 Å². The van der Waals surface area contributed by atoms with Crippen molar-refractivity contribution in [1.29, 1.82) is 0 Å². The van der Waals surface area contributed by atoms with Gasteiger partial charge in [-0.05, 0) is 49.1 Å². The van der Waals surface area contributed by atoms with E-state index in [1.807, 2.05) is 41.2 Å². The van der Waals surface area contributed by atoms with E-state index in [4.69, 9.17) is 16.3 Å². The van der Waals surface area contributed by atoms with Crippen LogP contribution in [0.3, 0.4) is 0 Å². The Labute approximate surface area is 140 Å². The van der Waals surface area contributed by atoms with E-state index in [9.17, 15) is 4.79 Å². The number of carbonyl (C=O) groups is 1. The number of aromatic nitrogens is 1. The van der Waals surface area contributed by atoms with Gasteiger partial charge in [-0.2, -0.15) is 0 Å². The molecule has 120 valence electrons. The molecule has 1 aromatic heterocycles. The average Bonchev–Trinajstić information content (AvgIpc) is 2.95. The molecule has 1 aliphatic heterocycles. The number of hydrogen-bond acceptors (Lipinski definition) is 2. The Morgan fingerprint density at radius 1 is 1.39 bits per heavy atom. The minimum absolute atomic E-state index is 0.107. The van der Waals surface area contributed by atoms with Gasteiger partial charge in [0.2, 0.25) is 0 Å². The molecule has 1 aliphatic carbocycles. The second-order valence-electron chi connectivity index (χ2n) is 6.53. The van der Waals surface area contributed by atoms with Crippen molar-refractivity contribution < 1.29 is 9.53 Å². The van der Waals surface area contributed by atoms with Crippen LogP contribution < -0.4 is 5.32 Å². The molecule has 23 heavy (non-hydrogen) atoms. The predicted octanol–water partition coefficient (Wildman–Crippen LogP) is 3.29. The zero-order valence-electron chi connectivity index (χ0n) is 12.8. The van der Waals surface area contributed by atoms with Crippen molar-refractivity contribution in [3.8, 4) is 5.69 Å². The lowest BCUT2D eigenvalue weighted by Crippen LogP contribution is -2.27. The third-order valence-electron chi connectivity index (χ3n) is 5.10. The Balaban J connectivity index is 1.45. The summed E-state index contributed by atoms with van der Waals surface area (Å²) in [4.78, 5) is 12.5. The number of nitrogens with one attached hydrogen (secondary N) is 1. The topological polar surface area (TPSA) is 43.3 Å². The van der Waals surface area contributed by atoms with Gasteiger partial charge in [0.05, 0.1) is 17.2 Å². The third kappa shape index (κ3) is 2.77. The SMILES string of the molecule is O=C(NCC1CC12CCOC2)c1cc(-n2cccc2)ccc1Cl. The van der Waals surface area contributed by atoms with Crippen LogP contribution in [0.2, 0.25) is 5.02 Å². The summed E-state index contributed by atoms with van der Waals surface area (Å²) in [5.41, 5.74) is 1.79. The first-order valence-corrected chi connectivity index (χ1v) is 8.35. The highest BCUT2D eigenvalue weighted by Crippen LogP contribution is 2.57. The van der Waals surface area contributed by atoms with Crippen LogP contribution in [0.1, 0.15) is 23.2 Å². The molecule has 1 amide bonds. The van der Waals surface area contributed by atoms with Crippen LogP contribution in [0.15, 0.2) is 42.7 Å². The maximum Gasteiger partial charge on any atom is 0.252 e. The first kappa shape index (κ1) is 14.8. The van der Waals surface area contributed by atoms with Crippen LogP contribution in [-0.4, -0.2) is 30.2 Å². The van der Waals surface area contributed by atoms with E-state index in [1.54, 1.807) is 6.07 Å². The van der Waals surface area contributed by atoms with Gasteiger partial charge in [0.25, 0.3) is 5.91 Å². The number of rotatable bonds is 4. The quantitative estimate of drug-likeness (QED) is 0.934. The van der Waals surface area contributed by atoms with Crippen molar-refractivity contribution >= 4 is 17.5 Å². The number of benzene rings is 1. The summed E-state index contributed by atoms with van der Waals surface area (Å²) in [6.45, 7) is 2.40. The highest BCUT2D eigenvalue weighted by atomic mass is 35.5. The number of nitrogens with zero attached hydrogens (tertiary/aromatic N) is 1. The van der Waals surface area contributed by atoms with E-state index >= 15 is 0 Å². The van der Waals surface area contributed by atoms with E-state index in [0.717, 1.165) is 31.7 Å². The van der Waals surface area contributed by atoms with Crippen molar-refractivity contribution in [3.63, 3.8) is 0 Å². The maximum atomic E-state index is 12.5. The Kier molecular flexibility index (Phi) is 3.66. The highest BCUT2D eigenvalue weighted by molar-refractivity contribution is 6.33. The molecule has 0 radical (unpaired) electrons. The van der Waals surface area contributed by atoms with Crippen molar-refractivity contribution in [2.75, 3.05) is 19.8 Å². The lowest BCUT2D eigenvalue weighted by Gasteiger charge is -2.11. The highest BCUT2D eigenvalue weighted by Gasteiger charge is 2.55. The zero-order valence-corrected chi connectivity index (χ0v) is 13.6. The zero-order chi connectivity index (χ0) is 15.9. The molecule has 2 aromatic rings. The van der Waals surface area contributed by atoms with Gasteiger partial charge in [0, 0.05) is 36.6 Å². The Hall–Kier alpha value is -1.78. The standard InChI is InChI=1S/C18H19ClN2O2/c19-16-4-3-14(21-6-1-2-7-21)9-15(16)17(22)20-11-13-10-18(13)5-8-23-12-18/h1-4,6-7,9,13H,5,8,10-12H2,(H,20,22). The molecule has 4 nitrogen and oxygen atoms in total. The normalized spacial score (nSPS) is 25.7. The van der Waals surface area contributed by atoms with Crippen molar-refractivity contribution in [1.82, 2.24) is 9.88 Å². The number of carbonyl (C=O) groups excluding carboxylic acids is 1. The molecule has 2 heterocycles. The van der Waals surface area contributed by atoms with Crippen LogP contribution in [0.5, 0.6) is 0 Å². The number of amides is 1. The molecule has 2 unspecified atom stereocenters. The van der Waals surface area contributed by atoms with Gasteiger partial charge in [-0.3, -0.25) is 4.79 Å². The monoisotopic (exact) mass is 330 g/mol. The van der Waals surface area contributed by atoms with Crippen LogP contribution in [-0.2, 0) is 4.74 Å². The number of hydrogen-bond donors (Lipinski definition) is 1. The van der Waals surface area contributed by atoms with Gasteiger partial charge in [-0.25, -0.2) is 0 Å². The van der Waals surface area contributed by atoms with Crippen LogP contribution >= 0.6 is 11.6 Å². The predicted molar refractivity (Wildman–Crippen MR) is 89.1 cm³/mol. The lowest BCUT2D eigenvalue weighted by atomic mass is 10.0. The van der Waals surface area contributed by atoms with Crippen LogP contribution in [0.4, 0.5) is 0 Å². The Morgan fingerprint density at radius 2 is 2.22 bits per heavy atom.